The number of anilines is 1. The summed E-state index contributed by atoms with van der Waals surface area (Å²) in [4.78, 5) is 20.4. The van der Waals surface area contributed by atoms with Crippen LogP contribution in [-0.4, -0.2) is 15.8 Å². The first-order valence-corrected chi connectivity index (χ1v) is 8.37. The number of pyridine rings is 1. The number of hydrogen-bond acceptors (Lipinski definition) is 3. The average molecular weight is 357 g/mol. The molecule has 2 aromatic heterocycles. The number of fused-ring (bicyclic) bond motifs is 1. The van der Waals surface area contributed by atoms with Gasteiger partial charge in [-0.1, -0.05) is 30.9 Å². The van der Waals surface area contributed by atoms with Crippen LogP contribution in [0.2, 0.25) is 0 Å². The van der Waals surface area contributed by atoms with Gasteiger partial charge in [0.15, 0.2) is 5.78 Å². The van der Waals surface area contributed by atoms with Crippen molar-refractivity contribution in [3.8, 4) is 11.1 Å². The van der Waals surface area contributed by atoms with Gasteiger partial charge in [-0.05, 0) is 47.0 Å². The van der Waals surface area contributed by atoms with E-state index in [1.165, 1.54) is 12.1 Å². The Bertz CT molecular complexity index is 1190. The lowest BCUT2D eigenvalue weighted by Gasteiger charge is -2.08. The number of rotatable bonds is 4. The second-order valence-electron chi connectivity index (χ2n) is 6.18. The van der Waals surface area contributed by atoms with Gasteiger partial charge in [0.1, 0.15) is 11.5 Å². The molecular weight excluding hydrogens is 341 g/mol. The summed E-state index contributed by atoms with van der Waals surface area (Å²) >= 11 is 0. The molecule has 0 radical (unpaired) electrons. The predicted octanol–water partition coefficient (Wildman–Crippen LogP) is 4.83. The van der Waals surface area contributed by atoms with E-state index in [4.69, 9.17) is 5.73 Å². The minimum Gasteiger partial charge on any atom is -0.399 e. The van der Waals surface area contributed by atoms with Gasteiger partial charge in [0.05, 0.1) is 11.1 Å². The van der Waals surface area contributed by atoms with Gasteiger partial charge in [0.25, 0.3) is 0 Å². The molecule has 5 heteroatoms. The van der Waals surface area contributed by atoms with Gasteiger partial charge < -0.3 is 10.7 Å². The molecule has 4 nitrogen and oxygen atoms in total. The molecular formula is C22H16FN3O. The lowest BCUT2D eigenvalue weighted by molar-refractivity contribution is 0.103. The highest BCUT2D eigenvalue weighted by atomic mass is 19.1. The number of nitrogen functional groups attached to an aromatic ring is 1. The molecule has 0 saturated heterocycles. The minimum atomic E-state index is -0.575. The molecule has 2 aromatic carbocycles. The Morgan fingerprint density at radius 2 is 2.00 bits per heavy atom. The monoisotopic (exact) mass is 357 g/mol. The molecule has 0 amide bonds. The third kappa shape index (κ3) is 2.89. The molecule has 0 spiro atoms. The molecule has 4 rings (SSSR count). The molecule has 0 aliphatic heterocycles. The summed E-state index contributed by atoms with van der Waals surface area (Å²) < 4.78 is 14.3. The molecule has 2 heterocycles. The van der Waals surface area contributed by atoms with Crippen LogP contribution in [0.5, 0.6) is 0 Å². The molecule has 0 unspecified atom stereocenters. The Morgan fingerprint density at radius 3 is 2.78 bits per heavy atom. The molecule has 4 aromatic rings. The van der Waals surface area contributed by atoms with E-state index in [0.29, 0.717) is 27.8 Å². The maximum Gasteiger partial charge on any atom is 0.198 e. The number of benzene rings is 2. The highest BCUT2D eigenvalue weighted by Gasteiger charge is 2.21. The number of aromatic amines is 1. The van der Waals surface area contributed by atoms with Crippen molar-refractivity contribution < 1.29 is 9.18 Å². The lowest BCUT2D eigenvalue weighted by atomic mass is 9.96. The van der Waals surface area contributed by atoms with Gasteiger partial charge in [0, 0.05) is 23.5 Å². The van der Waals surface area contributed by atoms with Gasteiger partial charge in [-0.2, -0.15) is 0 Å². The van der Waals surface area contributed by atoms with E-state index in [2.05, 4.69) is 16.5 Å². The van der Waals surface area contributed by atoms with Crippen molar-refractivity contribution in [3.05, 3.63) is 90.0 Å². The Kier molecular flexibility index (Phi) is 4.05. The van der Waals surface area contributed by atoms with Gasteiger partial charge in [-0.3, -0.25) is 4.79 Å². The van der Waals surface area contributed by atoms with Crippen molar-refractivity contribution in [2.75, 3.05) is 5.73 Å². The van der Waals surface area contributed by atoms with Crippen LogP contribution in [-0.2, 0) is 0 Å². The molecule has 0 aliphatic carbocycles. The fourth-order valence-electron chi connectivity index (χ4n) is 3.17. The summed E-state index contributed by atoms with van der Waals surface area (Å²) in [5.41, 5.74) is 9.77. The van der Waals surface area contributed by atoms with Crippen LogP contribution in [0.3, 0.4) is 0 Å². The second kappa shape index (κ2) is 6.53. The number of carbonyl (C=O) groups is 1. The van der Waals surface area contributed by atoms with Gasteiger partial charge in [0.2, 0.25) is 0 Å². The van der Waals surface area contributed by atoms with E-state index >= 15 is 0 Å². The first-order chi connectivity index (χ1) is 13.1. The van der Waals surface area contributed by atoms with Gasteiger partial charge in [-0.15, -0.1) is 0 Å². The number of aromatic nitrogens is 2. The number of nitrogens with two attached hydrogens (primary N) is 1. The molecule has 27 heavy (non-hydrogen) atoms. The van der Waals surface area contributed by atoms with Crippen LogP contribution in [0.15, 0.2) is 67.5 Å². The lowest BCUT2D eigenvalue weighted by Crippen LogP contribution is -2.04. The van der Waals surface area contributed by atoms with Crippen molar-refractivity contribution in [1.29, 1.82) is 0 Å². The summed E-state index contributed by atoms with van der Waals surface area (Å²) in [5, 5.41) is 0.636. The molecule has 0 atom stereocenters. The van der Waals surface area contributed by atoms with Crippen molar-refractivity contribution in [1.82, 2.24) is 9.97 Å². The van der Waals surface area contributed by atoms with Crippen molar-refractivity contribution in [3.63, 3.8) is 0 Å². The zero-order chi connectivity index (χ0) is 19.0. The third-order valence-corrected chi connectivity index (χ3v) is 4.49. The normalized spacial score (nSPS) is 10.9. The Labute approximate surface area is 155 Å². The molecule has 0 aliphatic rings. The standard InChI is InChI=1S/C22H16FN3O/c1-2-13-6-7-19(23)17(10-13)21(27)18-12-26-22-20(18)16(8-9-25-22)14-4-3-5-15(24)11-14/h2-12H,1,24H2,(H,25,26). The van der Waals surface area contributed by atoms with Crippen LogP contribution in [0.25, 0.3) is 28.2 Å². The first kappa shape index (κ1) is 16.7. The van der Waals surface area contributed by atoms with Crippen LogP contribution >= 0.6 is 0 Å². The SMILES string of the molecule is C=Cc1ccc(F)c(C(=O)c2c[nH]c3nccc(-c4cccc(N)c4)c23)c1. The van der Waals surface area contributed by atoms with Gasteiger partial charge in [-0.25, -0.2) is 9.37 Å². The van der Waals surface area contributed by atoms with E-state index < -0.39 is 11.6 Å². The third-order valence-electron chi connectivity index (χ3n) is 4.49. The highest BCUT2D eigenvalue weighted by molar-refractivity contribution is 6.19. The zero-order valence-corrected chi connectivity index (χ0v) is 14.4. The smallest absolute Gasteiger partial charge is 0.198 e. The van der Waals surface area contributed by atoms with Crippen molar-refractivity contribution >= 4 is 28.6 Å². The summed E-state index contributed by atoms with van der Waals surface area (Å²) in [5.74, 6) is -0.991. The molecule has 0 saturated carbocycles. The highest BCUT2D eigenvalue weighted by Crippen LogP contribution is 2.32. The van der Waals surface area contributed by atoms with Crippen molar-refractivity contribution in [2.45, 2.75) is 0 Å². The maximum atomic E-state index is 14.3. The average Bonchev–Trinajstić information content (AvgIpc) is 3.12. The van der Waals surface area contributed by atoms with Crippen LogP contribution in [0.1, 0.15) is 21.5 Å². The van der Waals surface area contributed by atoms with Crippen LogP contribution < -0.4 is 5.73 Å². The number of nitrogens with one attached hydrogen (secondary N) is 1. The fraction of sp³-hybridized carbons (Fsp3) is 0. The Balaban J connectivity index is 1.93. The van der Waals surface area contributed by atoms with Gasteiger partial charge >= 0.3 is 0 Å². The van der Waals surface area contributed by atoms with E-state index in [0.717, 1.165) is 11.1 Å². The number of halogens is 1. The summed E-state index contributed by atoms with van der Waals surface area (Å²) in [6.07, 6.45) is 4.80. The summed E-state index contributed by atoms with van der Waals surface area (Å²) in [6, 6.07) is 13.5. The fourth-order valence-corrected chi connectivity index (χ4v) is 3.17. The topological polar surface area (TPSA) is 71.8 Å². The molecule has 0 bridgehead atoms. The summed E-state index contributed by atoms with van der Waals surface area (Å²) in [6.45, 7) is 3.67. The molecule has 132 valence electrons. The minimum absolute atomic E-state index is 0.00400. The number of carbonyl (C=O) groups excluding carboxylic acids is 1. The van der Waals surface area contributed by atoms with E-state index in [1.807, 2.05) is 24.3 Å². The van der Waals surface area contributed by atoms with E-state index in [9.17, 15) is 9.18 Å². The predicted molar refractivity (Wildman–Crippen MR) is 106 cm³/mol. The molecule has 0 fully saturated rings. The first-order valence-electron chi connectivity index (χ1n) is 8.37. The zero-order valence-electron chi connectivity index (χ0n) is 14.4. The van der Waals surface area contributed by atoms with E-state index in [-0.39, 0.29) is 5.56 Å². The second-order valence-corrected chi connectivity index (χ2v) is 6.18. The number of ketones is 1. The van der Waals surface area contributed by atoms with Crippen LogP contribution in [0, 0.1) is 5.82 Å². The van der Waals surface area contributed by atoms with Crippen molar-refractivity contribution in [2.24, 2.45) is 0 Å². The van der Waals surface area contributed by atoms with E-state index in [1.54, 1.807) is 30.6 Å². The number of nitrogens with zero attached hydrogens (tertiary/aromatic N) is 1. The largest absolute Gasteiger partial charge is 0.399 e. The maximum absolute atomic E-state index is 14.3. The number of H-pyrrole nitrogens is 1. The Morgan fingerprint density at radius 1 is 1.15 bits per heavy atom. The summed E-state index contributed by atoms with van der Waals surface area (Å²) in [7, 11) is 0. The quantitative estimate of drug-likeness (QED) is 0.406. The number of hydrogen-bond donors (Lipinski definition) is 2. The van der Waals surface area contributed by atoms with Crippen LogP contribution in [0.4, 0.5) is 10.1 Å². The molecule has 3 N–H and O–H groups in total. The Hall–Kier alpha value is -3.73.